The molecule has 0 amide bonds. The van der Waals surface area contributed by atoms with Gasteiger partial charge in [0.05, 0.1) is 23.2 Å². The largest absolute Gasteiger partial charge is 0.466 e. The summed E-state index contributed by atoms with van der Waals surface area (Å²) in [5.41, 5.74) is 1.93. The van der Waals surface area contributed by atoms with Crippen molar-refractivity contribution in [3.63, 3.8) is 0 Å². The molecule has 2 rings (SSSR count). The van der Waals surface area contributed by atoms with Gasteiger partial charge in [0.2, 0.25) is 0 Å². The van der Waals surface area contributed by atoms with Crippen LogP contribution in [0.15, 0.2) is 40.8 Å². The summed E-state index contributed by atoms with van der Waals surface area (Å²) in [5.74, 6) is -0.579. The topological polar surface area (TPSA) is 60.4 Å². The third-order valence-corrected chi connectivity index (χ3v) is 5.77. The van der Waals surface area contributed by atoms with Gasteiger partial charge in [0.25, 0.3) is 0 Å². The van der Waals surface area contributed by atoms with Crippen LogP contribution in [0, 0.1) is 12.8 Å². The molecule has 0 bridgehead atoms. The van der Waals surface area contributed by atoms with Gasteiger partial charge in [-0.05, 0) is 45.2 Å². The van der Waals surface area contributed by atoms with Gasteiger partial charge in [-0.25, -0.2) is 8.42 Å². The molecule has 0 aromatic heterocycles. The molecular weight excluding hydrogens is 312 g/mol. The van der Waals surface area contributed by atoms with E-state index in [-0.39, 0.29) is 17.6 Å². The van der Waals surface area contributed by atoms with Crippen molar-refractivity contribution in [2.24, 2.45) is 5.92 Å². The number of sulfone groups is 1. The molecule has 1 aromatic rings. The van der Waals surface area contributed by atoms with E-state index in [0.717, 1.165) is 36.8 Å². The van der Waals surface area contributed by atoms with E-state index in [1.165, 1.54) is 0 Å². The number of benzene rings is 1. The van der Waals surface area contributed by atoms with Crippen molar-refractivity contribution in [1.29, 1.82) is 0 Å². The van der Waals surface area contributed by atoms with Crippen LogP contribution in [0.4, 0.5) is 0 Å². The number of esters is 1. The first-order chi connectivity index (χ1) is 10.9. The third-order valence-electron chi connectivity index (χ3n) is 4.17. The third kappa shape index (κ3) is 4.67. The average Bonchev–Trinajstić information content (AvgIpc) is 2.54. The zero-order chi connectivity index (χ0) is 16.9. The monoisotopic (exact) mass is 336 g/mol. The zero-order valence-electron chi connectivity index (χ0n) is 13.7. The quantitative estimate of drug-likeness (QED) is 0.610. The molecule has 0 N–H and O–H groups in total. The first-order valence-corrected chi connectivity index (χ1v) is 9.74. The lowest BCUT2D eigenvalue weighted by atomic mass is 9.84. The molecule has 5 heteroatoms. The van der Waals surface area contributed by atoms with Gasteiger partial charge in [-0.15, -0.1) is 0 Å². The minimum absolute atomic E-state index is 0.0682. The number of hydrogen-bond acceptors (Lipinski definition) is 4. The molecule has 23 heavy (non-hydrogen) atoms. The molecule has 126 valence electrons. The highest BCUT2D eigenvalue weighted by Crippen LogP contribution is 2.30. The molecular formula is C18H24O4S. The Bertz CT molecular complexity index is 671. The number of ether oxygens (including phenoxy) is 1. The summed E-state index contributed by atoms with van der Waals surface area (Å²) in [5, 5.41) is 0. The zero-order valence-corrected chi connectivity index (χ0v) is 14.6. The Labute approximate surface area is 138 Å². The Kier molecular flexibility index (Phi) is 5.99. The van der Waals surface area contributed by atoms with Crippen LogP contribution in [0.1, 0.15) is 38.2 Å². The summed E-state index contributed by atoms with van der Waals surface area (Å²) >= 11 is 0. The molecule has 0 saturated heterocycles. The van der Waals surface area contributed by atoms with Crippen molar-refractivity contribution in [3.05, 3.63) is 41.5 Å². The van der Waals surface area contributed by atoms with Crippen molar-refractivity contribution >= 4 is 15.8 Å². The molecule has 1 saturated carbocycles. The van der Waals surface area contributed by atoms with Gasteiger partial charge in [-0.2, -0.15) is 0 Å². The Morgan fingerprint density at radius 2 is 1.96 bits per heavy atom. The van der Waals surface area contributed by atoms with E-state index < -0.39 is 9.84 Å². The second-order valence-corrected chi connectivity index (χ2v) is 7.96. The fraction of sp³-hybridized carbons (Fsp3) is 0.500. The van der Waals surface area contributed by atoms with Crippen molar-refractivity contribution in [2.75, 3.05) is 12.4 Å². The molecule has 1 unspecified atom stereocenters. The van der Waals surface area contributed by atoms with Crippen molar-refractivity contribution in [1.82, 2.24) is 0 Å². The van der Waals surface area contributed by atoms with Gasteiger partial charge >= 0.3 is 5.97 Å². The van der Waals surface area contributed by atoms with E-state index in [4.69, 9.17) is 4.74 Å². The van der Waals surface area contributed by atoms with Crippen molar-refractivity contribution < 1.29 is 17.9 Å². The van der Waals surface area contributed by atoms with E-state index >= 15 is 0 Å². The van der Waals surface area contributed by atoms with Crippen LogP contribution in [0.2, 0.25) is 0 Å². The minimum atomic E-state index is -3.37. The molecule has 0 heterocycles. The van der Waals surface area contributed by atoms with Gasteiger partial charge in [-0.3, -0.25) is 4.79 Å². The minimum Gasteiger partial charge on any atom is -0.466 e. The lowest BCUT2D eigenvalue weighted by molar-refractivity contribution is -0.147. The lowest BCUT2D eigenvalue weighted by Gasteiger charge is -2.23. The van der Waals surface area contributed by atoms with Crippen LogP contribution in [-0.4, -0.2) is 26.7 Å². The first kappa shape index (κ1) is 17.7. The highest BCUT2D eigenvalue weighted by molar-refractivity contribution is 7.91. The van der Waals surface area contributed by atoms with Gasteiger partial charge in [0, 0.05) is 0 Å². The van der Waals surface area contributed by atoms with Crippen LogP contribution >= 0.6 is 0 Å². The van der Waals surface area contributed by atoms with Crippen LogP contribution in [-0.2, 0) is 19.4 Å². The molecule has 0 radical (unpaired) electrons. The highest BCUT2D eigenvalue weighted by Gasteiger charge is 2.27. The number of aryl methyl sites for hydroxylation is 1. The van der Waals surface area contributed by atoms with Gasteiger partial charge < -0.3 is 4.74 Å². The molecule has 1 fully saturated rings. The Balaban J connectivity index is 2.15. The molecule has 0 spiro atoms. The maximum Gasteiger partial charge on any atom is 0.313 e. The van der Waals surface area contributed by atoms with E-state index in [0.29, 0.717) is 11.5 Å². The Morgan fingerprint density at radius 1 is 1.26 bits per heavy atom. The smallest absolute Gasteiger partial charge is 0.313 e. The summed E-state index contributed by atoms with van der Waals surface area (Å²) in [7, 11) is -3.37. The molecule has 1 atom stereocenters. The molecule has 1 aliphatic rings. The number of hydrogen-bond donors (Lipinski definition) is 0. The number of carbonyl (C=O) groups excluding carboxylic acids is 1. The highest BCUT2D eigenvalue weighted by atomic mass is 32.2. The first-order valence-electron chi connectivity index (χ1n) is 8.09. The Hall–Kier alpha value is -1.62. The van der Waals surface area contributed by atoms with Gasteiger partial charge in [0.1, 0.15) is 0 Å². The van der Waals surface area contributed by atoms with Crippen LogP contribution < -0.4 is 0 Å². The lowest BCUT2D eigenvalue weighted by Crippen LogP contribution is -2.23. The Morgan fingerprint density at radius 3 is 2.61 bits per heavy atom. The van der Waals surface area contributed by atoms with Gasteiger partial charge in [-0.1, -0.05) is 35.8 Å². The van der Waals surface area contributed by atoms with Gasteiger partial charge in [0.15, 0.2) is 9.84 Å². The second-order valence-electron chi connectivity index (χ2n) is 5.92. The molecule has 4 nitrogen and oxygen atoms in total. The molecule has 0 aliphatic heterocycles. The summed E-state index contributed by atoms with van der Waals surface area (Å²) in [6.45, 7) is 4.06. The fourth-order valence-electron chi connectivity index (χ4n) is 2.85. The van der Waals surface area contributed by atoms with Crippen LogP contribution in [0.25, 0.3) is 0 Å². The van der Waals surface area contributed by atoms with E-state index in [2.05, 4.69) is 0 Å². The standard InChI is InChI=1S/C18H24O4S/c1-3-22-18(19)17-7-5-4-6-15(17)12-13-23(20,21)16-10-8-14(2)9-11-16/h8-12,17H,3-7,13H2,1-2H3/b15-12+. The summed E-state index contributed by atoms with van der Waals surface area (Å²) in [6.07, 6.45) is 5.20. The van der Waals surface area contributed by atoms with Crippen LogP contribution in [0.3, 0.4) is 0 Å². The van der Waals surface area contributed by atoms with E-state index in [9.17, 15) is 13.2 Å². The number of rotatable bonds is 5. The second kappa shape index (κ2) is 7.77. The summed E-state index contributed by atoms with van der Waals surface area (Å²) in [6, 6.07) is 6.85. The SMILES string of the molecule is CCOC(=O)C1CCCC/C1=C\CS(=O)(=O)c1ccc(C)cc1. The predicted molar refractivity (Wildman–Crippen MR) is 89.9 cm³/mol. The summed E-state index contributed by atoms with van der Waals surface area (Å²) < 4.78 is 30.0. The van der Waals surface area contributed by atoms with Crippen molar-refractivity contribution in [3.8, 4) is 0 Å². The fourth-order valence-corrected chi connectivity index (χ4v) is 4.03. The maximum absolute atomic E-state index is 12.4. The molecule has 1 aromatic carbocycles. The maximum atomic E-state index is 12.4. The molecule has 1 aliphatic carbocycles. The van der Waals surface area contributed by atoms with E-state index in [1.807, 2.05) is 6.92 Å². The predicted octanol–water partition coefficient (Wildman–Crippen LogP) is 3.45. The van der Waals surface area contributed by atoms with Crippen LogP contribution in [0.5, 0.6) is 0 Å². The summed E-state index contributed by atoms with van der Waals surface area (Å²) in [4.78, 5) is 12.4. The average molecular weight is 336 g/mol. The number of carbonyl (C=O) groups is 1. The normalized spacial score (nSPS) is 20.4. The van der Waals surface area contributed by atoms with E-state index in [1.54, 1.807) is 37.3 Å². The van der Waals surface area contributed by atoms with Crippen molar-refractivity contribution in [2.45, 2.75) is 44.4 Å².